The molecule has 0 radical (unpaired) electrons. The smallest absolute Gasteiger partial charge is 0.227 e. The van der Waals surface area contributed by atoms with Gasteiger partial charge in [-0.15, -0.1) is 5.10 Å². The number of halogens is 1. The first-order valence-corrected chi connectivity index (χ1v) is 8.79. The quantitative estimate of drug-likeness (QED) is 0.869. The largest absolute Gasteiger partial charge is 0.508 e. The maximum atomic E-state index is 9.73. The van der Waals surface area contributed by atoms with Crippen LogP contribution in [0.5, 0.6) is 5.75 Å². The van der Waals surface area contributed by atoms with Crippen molar-refractivity contribution in [2.24, 2.45) is 0 Å². The second-order valence-corrected chi connectivity index (χ2v) is 6.78. The minimum absolute atomic E-state index is 0.0388. The monoisotopic (exact) mass is 378 g/mol. The second-order valence-electron chi connectivity index (χ2n) is 6.07. The molecule has 6 nitrogen and oxygen atoms in total. The maximum Gasteiger partial charge on any atom is 0.227 e. The molecule has 0 spiro atoms. The van der Waals surface area contributed by atoms with Gasteiger partial charge in [-0.05, 0) is 64.9 Å². The lowest BCUT2D eigenvalue weighted by atomic mass is 10.00. The molecule has 7 heteroatoms. The number of fused-ring (bicyclic) bond motifs is 1. The fraction of sp³-hybridized carbons (Fsp3) is 0.500. The minimum Gasteiger partial charge on any atom is -0.508 e. The van der Waals surface area contributed by atoms with Gasteiger partial charge in [0.2, 0.25) is 10.7 Å². The predicted octanol–water partition coefficient (Wildman–Crippen LogP) is 3.01. The summed E-state index contributed by atoms with van der Waals surface area (Å²) in [6, 6.07) is 5.60. The van der Waals surface area contributed by atoms with Gasteiger partial charge in [-0.25, -0.2) is 4.68 Å². The Labute approximate surface area is 143 Å². The number of ether oxygens (including phenoxy) is 1. The van der Waals surface area contributed by atoms with Gasteiger partial charge in [-0.1, -0.05) is 6.07 Å². The molecule has 0 amide bonds. The Morgan fingerprint density at radius 2 is 2.17 bits per heavy atom. The lowest BCUT2D eigenvalue weighted by Gasteiger charge is -2.31. The Bertz CT molecular complexity index is 712. The highest BCUT2D eigenvalue weighted by molar-refractivity contribution is 9.10. The molecule has 1 aromatic carbocycles. The number of nitrogens with zero attached hydrogens (tertiary/aromatic N) is 4. The number of phenols is 1. The highest BCUT2D eigenvalue weighted by Crippen LogP contribution is 2.31. The summed E-state index contributed by atoms with van der Waals surface area (Å²) in [7, 11) is 0. The summed E-state index contributed by atoms with van der Waals surface area (Å²) in [4.78, 5) is 6.76. The van der Waals surface area contributed by atoms with Gasteiger partial charge in [0.25, 0.3) is 0 Å². The van der Waals surface area contributed by atoms with E-state index in [9.17, 15) is 5.11 Å². The minimum atomic E-state index is -0.0388. The maximum absolute atomic E-state index is 9.73. The number of phenolic OH excluding ortho intramolecular Hbond substituents is 1. The molecule has 3 heterocycles. The van der Waals surface area contributed by atoms with Crippen molar-refractivity contribution in [1.82, 2.24) is 14.8 Å². The van der Waals surface area contributed by atoms with E-state index in [1.165, 1.54) is 5.56 Å². The first-order valence-electron chi connectivity index (χ1n) is 8.00. The van der Waals surface area contributed by atoms with Crippen LogP contribution in [0.4, 0.5) is 5.95 Å². The molecule has 1 atom stereocenters. The van der Waals surface area contributed by atoms with Crippen molar-refractivity contribution in [3.05, 3.63) is 34.1 Å². The van der Waals surface area contributed by atoms with Gasteiger partial charge in [0.15, 0.2) is 6.23 Å². The van der Waals surface area contributed by atoms with Crippen molar-refractivity contribution < 1.29 is 9.84 Å². The molecule has 4 rings (SSSR count). The fourth-order valence-electron chi connectivity index (χ4n) is 3.33. The standard InChI is InChI=1S/C16H19BrN4O2/c17-15-18-16(21(19-15)14-3-1-2-8-23-14)20-7-6-11-4-5-13(22)9-12(11)10-20/h4-5,9,14,22H,1-3,6-8,10H2. The van der Waals surface area contributed by atoms with Crippen molar-refractivity contribution in [1.29, 1.82) is 0 Å². The van der Waals surface area contributed by atoms with Crippen LogP contribution in [-0.2, 0) is 17.7 Å². The number of benzene rings is 1. The first-order chi connectivity index (χ1) is 11.2. The van der Waals surface area contributed by atoms with Gasteiger partial charge in [0.05, 0.1) is 0 Å². The fourth-order valence-corrected chi connectivity index (χ4v) is 3.66. The average molecular weight is 379 g/mol. The van der Waals surface area contributed by atoms with Gasteiger partial charge in [-0.2, -0.15) is 4.98 Å². The van der Waals surface area contributed by atoms with Crippen molar-refractivity contribution in [2.45, 2.75) is 38.5 Å². The number of rotatable bonds is 2. The van der Waals surface area contributed by atoms with Crippen LogP contribution < -0.4 is 4.90 Å². The molecule has 0 bridgehead atoms. The number of hydrogen-bond donors (Lipinski definition) is 1. The molecular formula is C16H19BrN4O2. The van der Waals surface area contributed by atoms with E-state index < -0.39 is 0 Å². The summed E-state index contributed by atoms with van der Waals surface area (Å²) in [6.07, 6.45) is 4.12. The van der Waals surface area contributed by atoms with E-state index in [0.717, 1.165) is 56.9 Å². The summed E-state index contributed by atoms with van der Waals surface area (Å²) < 4.78 is 8.36. The third-order valence-electron chi connectivity index (χ3n) is 4.50. The van der Waals surface area contributed by atoms with Crippen LogP contribution in [-0.4, -0.2) is 33.0 Å². The summed E-state index contributed by atoms with van der Waals surface area (Å²) in [6.45, 7) is 2.38. The lowest BCUT2D eigenvalue weighted by Crippen LogP contribution is -2.34. The van der Waals surface area contributed by atoms with E-state index in [1.807, 2.05) is 16.8 Å². The van der Waals surface area contributed by atoms with Crippen LogP contribution in [0.3, 0.4) is 0 Å². The highest BCUT2D eigenvalue weighted by atomic mass is 79.9. The molecule has 1 aromatic heterocycles. The van der Waals surface area contributed by atoms with Crippen LogP contribution in [0, 0.1) is 0 Å². The molecular weight excluding hydrogens is 360 g/mol. The summed E-state index contributed by atoms with van der Waals surface area (Å²) in [5, 5.41) is 14.2. The normalized spacial score (nSPS) is 21.3. The summed E-state index contributed by atoms with van der Waals surface area (Å²) in [5.74, 6) is 1.14. The molecule has 2 aromatic rings. The number of aromatic hydroxyl groups is 1. The number of anilines is 1. The molecule has 0 aliphatic carbocycles. The molecule has 122 valence electrons. The Morgan fingerprint density at radius 1 is 1.26 bits per heavy atom. The van der Waals surface area contributed by atoms with Gasteiger partial charge < -0.3 is 14.7 Å². The Balaban J connectivity index is 1.63. The molecule has 0 saturated carbocycles. The van der Waals surface area contributed by atoms with E-state index in [0.29, 0.717) is 10.5 Å². The molecule has 1 fully saturated rings. The molecule has 1 unspecified atom stereocenters. The Kier molecular flexibility index (Phi) is 3.98. The van der Waals surface area contributed by atoms with E-state index in [2.05, 4.69) is 30.9 Å². The van der Waals surface area contributed by atoms with Gasteiger partial charge in [0, 0.05) is 19.7 Å². The van der Waals surface area contributed by atoms with Crippen LogP contribution in [0.15, 0.2) is 22.9 Å². The van der Waals surface area contributed by atoms with Gasteiger partial charge >= 0.3 is 0 Å². The summed E-state index contributed by atoms with van der Waals surface area (Å²) >= 11 is 3.39. The van der Waals surface area contributed by atoms with Crippen molar-refractivity contribution in [3.63, 3.8) is 0 Å². The number of aromatic nitrogens is 3. The molecule has 2 aliphatic heterocycles. The average Bonchev–Trinajstić information content (AvgIpc) is 2.97. The van der Waals surface area contributed by atoms with E-state index in [4.69, 9.17) is 4.74 Å². The third kappa shape index (κ3) is 2.95. The topological polar surface area (TPSA) is 63.4 Å². The zero-order valence-electron chi connectivity index (χ0n) is 12.8. The van der Waals surface area contributed by atoms with Crippen molar-refractivity contribution in [3.8, 4) is 5.75 Å². The number of hydrogen-bond acceptors (Lipinski definition) is 5. The zero-order chi connectivity index (χ0) is 15.8. The van der Waals surface area contributed by atoms with Crippen LogP contribution in [0.2, 0.25) is 0 Å². The van der Waals surface area contributed by atoms with Crippen LogP contribution >= 0.6 is 15.9 Å². The molecule has 23 heavy (non-hydrogen) atoms. The van der Waals surface area contributed by atoms with E-state index in [1.54, 1.807) is 6.07 Å². The van der Waals surface area contributed by atoms with Crippen molar-refractivity contribution >= 4 is 21.9 Å². The predicted molar refractivity (Wildman–Crippen MR) is 89.4 cm³/mol. The zero-order valence-corrected chi connectivity index (χ0v) is 14.4. The SMILES string of the molecule is Oc1ccc2c(c1)CN(c1nc(Br)nn1C1CCCCO1)CC2. The summed E-state index contributed by atoms with van der Waals surface area (Å²) in [5.41, 5.74) is 2.43. The van der Waals surface area contributed by atoms with Crippen LogP contribution in [0.25, 0.3) is 0 Å². The van der Waals surface area contributed by atoms with E-state index >= 15 is 0 Å². The Hall–Kier alpha value is -1.60. The van der Waals surface area contributed by atoms with Crippen molar-refractivity contribution in [2.75, 3.05) is 18.1 Å². The van der Waals surface area contributed by atoms with Gasteiger partial charge in [-0.3, -0.25) is 0 Å². The third-order valence-corrected chi connectivity index (χ3v) is 4.84. The highest BCUT2D eigenvalue weighted by Gasteiger charge is 2.26. The Morgan fingerprint density at radius 3 is 3.00 bits per heavy atom. The first kappa shape index (κ1) is 15.0. The lowest BCUT2D eigenvalue weighted by molar-refractivity contribution is -0.0389. The van der Waals surface area contributed by atoms with Gasteiger partial charge in [0.1, 0.15) is 5.75 Å². The molecule has 1 saturated heterocycles. The van der Waals surface area contributed by atoms with Crippen LogP contribution in [0.1, 0.15) is 36.6 Å². The molecule has 1 N–H and O–H groups in total. The molecule has 2 aliphatic rings. The van der Waals surface area contributed by atoms with E-state index in [-0.39, 0.29) is 6.23 Å². The second kappa shape index (κ2) is 6.13.